The van der Waals surface area contributed by atoms with Gasteiger partial charge in [-0.15, -0.1) is 0 Å². The van der Waals surface area contributed by atoms with Crippen LogP contribution in [0, 0.1) is 0 Å². The van der Waals surface area contributed by atoms with Crippen LogP contribution in [0.1, 0.15) is 29.3 Å². The summed E-state index contributed by atoms with van der Waals surface area (Å²) in [7, 11) is 0. The van der Waals surface area contributed by atoms with Crippen LogP contribution in [0.25, 0.3) is 5.57 Å². The quantitative estimate of drug-likeness (QED) is 0.466. The van der Waals surface area contributed by atoms with Gasteiger partial charge < -0.3 is 5.11 Å². The molecule has 3 nitrogen and oxygen atoms in total. The Kier molecular flexibility index (Phi) is 4.61. The van der Waals surface area contributed by atoms with Crippen molar-refractivity contribution in [2.75, 3.05) is 6.61 Å². The first-order valence-electron chi connectivity index (χ1n) is 5.05. The number of carbonyl (C=O) groups excluding carboxylic acids is 2. The molecule has 0 aliphatic rings. The predicted molar refractivity (Wildman–Crippen MR) is 62.2 cm³/mol. The van der Waals surface area contributed by atoms with Gasteiger partial charge in [0.05, 0.1) is 0 Å². The van der Waals surface area contributed by atoms with E-state index in [0.717, 1.165) is 11.1 Å². The maximum atomic E-state index is 11.1. The molecule has 1 aromatic carbocycles. The van der Waals surface area contributed by atoms with E-state index in [1.54, 1.807) is 24.3 Å². The summed E-state index contributed by atoms with van der Waals surface area (Å²) in [5.41, 5.74) is 2.26. The van der Waals surface area contributed by atoms with Gasteiger partial charge in [-0.2, -0.15) is 0 Å². The molecule has 84 valence electrons. The largest absolute Gasteiger partial charge is 0.396 e. The fourth-order valence-corrected chi connectivity index (χ4v) is 1.45. The van der Waals surface area contributed by atoms with Gasteiger partial charge in [-0.25, -0.2) is 0 Å². The molecule has 3 heteroatoms. The highest BCUT2D eigenvalue weighted by Gasteiger charge is 2.03. The first kappa shape index (κ1) is 12.3. The van der Waals surface area contributed by atoms with Gasteiger partial charge in [0, 0.05) is 12.2 Å². The van der Waals surface area contributed by atoms with Gasteiger partial charge >= 0.3 is 0 Å². The van der Waals surface area contributed by atoms with Gasteiger partial charge in [0.15, 0.2) is 5.78 Å². The first-order chi connectivity index (χ1) is 7.69. The second-order valence-electron chi connectivity index (χ2n) is 3.44. The highest BCUT2D eigenvalue weighted by atomic mass is 16.3. The minimum Gasteiger partial charge on any atom is -0.396 e. The number of aliphatic hydroxyl groups excluding tert-OH is 1. The summed E-state index contributed by atoms with van der Waals surface area (Å²) in [6.45, 7) is 1.50. The third-order valence-corrected chi connectivity index (χ3v) is 2.31. The number of carbonyl (C=O) groups is 2. The number of allylic oxidation sites excluding steroid dienone is 1. The topological polar surface area (TPSA) is 54.4 Å². The average molecular weight is 218 g/mol. The summed E-state index contributed by atoms with van der Waals surface area (Å²) >= 11 is 0. The molecule has 0 fully saturated rings. The molecule has 0 aliphatic heterocycles. The van der Waals surface area contributed by atoms with Crippen molar-refractivity contribution >= 4 is 17.6 Å². The molecule has 0 spiro atoms. The number of Topliss-reactive ketones (excluding diaryl/α,β-unsaturated/α-hetero) is 1. The molecule has 0 unspecified atom stereocenters. The molecule has 0 aliphatic carbocycles. The van der Waals surface area contributed by atoms with E-state index in [9.17, 15) is 9.59 Å². The van der Waals surface area contributed by atoms with Gasteiger partial charge in [-0.1, -0.05) is 24.3 Å². The maximum Gasteiger partial charge on any atom is 0.159 e. The van der Waals surface area contributed by atoms with Crippen molar-refractivity contribution in [3.8, 4) is 0 Å². The molecule has 0 aromatic heterocycles. The van der Waals surface area contributed by atoms with Crippen molar-refractivity contribution < 1.29 is 14.7 Å². The molecule has 0 atom stereocenters. The van der Waals surface area contributed by atoms with Crippen LogP contribution < -0.4 is 0 Å². The summed E-state index contributed by atoms with van der Waals surface area (Å²) in [6.07, 6.45) is 2.56. The van der Waals surface area contributed by atoms with Crippen LogP contribution in [0.3, 0.4) is 0 Å². The standard InChI is InChI=1S/C13H14O3/c1-10(16)11-2-4-12(5-3-11)13(6-8-14)7-9-15/h2-6,8,15H,7,9H2,1H3/b13-6-. The van der Waals surface area contributed by atoms with E-state index in [1.165, 1.54) is 13.0 Å². The van der Waals surface area contributed by atoms with Crippen LogP contribution in [0.4, 0.5) is 0 Å². The zero-order chi connectivity index (χ0) is 12.0. The van der Waals surface area contributed by atoms with E-state index in [2.05, 4.69) is 0 Å². The monoisotopic (exact) mass is 218 g/mol. The SMILES string of the molecule is CC(=O)c1ccc(/C(=C\C=O)CCO)cc1. The molecule has 16 heavy (non-hydrogen) atoms. The number of hydrogen-bond donors (Lipinski definition) is 1. The molecule has 0 bridgehead atoms. The van der Waals surface area contributed by atoms with Crippen LogP contribution in [0.5, 0.6) is 0 Å². The number of benzene rings is 1. The molecular weight excluding hydrogens is 204 g/mol. The van der Waals surface area contributed by atoms with Crippen molar-refractivity contribution in [1.29, 1.82) is 0 Å². The maximum absolute atomic E-state index is 11.1. The second kappa shape index (κ2) is 5.98. The Morgan fingerprint density at radius 2 is 1.81 bits per heavy atom. The minimum atomic E-state index is -0.00582. The van der Waals surface area contributed by atoms with Crippen LogP contribution in [0.15, 0.2) is 30.3 Å². The summed E-state index contributed by atoms with van der Waals surface area (Å²) in [6, 6.07) is 6.99. The second-order valence-corrected chi connectivity index (χ2v) is 3.44. The zero-order valence-electron chi connectivity index (χ0n) is 9.14. The minimum absolute atomic E-state index is 0.00582. The summed E-state index contributed by atoms with van der Waals surface area (Å²) in [4.78, 5) is 21.5. The van der Waals surface area contributed by atoms with Gasteiger partial charge in [0.2, 0.25) is 0 Å². The van der Waals surface area contributed by atoms with Crippen LogP contribution in [-0.2, 0) is 4.79 Å². The third kappa shape index (κ3) is 3.14. The fraction of sp³-hybridized carbons (Fsp3) is 0.231. The Bertz CT molecular complexity index is 402. The Balaban J connectivity index is 2.98. The lowest BCUT2D eigenvalue weighted by Gasteiger charge is -2.05. The number of ketones is 1. The van der Waals surface area contributed by atoms with Crippen molar-refractivity contribution in [2.45, 2.75) is 13.3 Å². The fourth-order valence-electron chi connectivity index (χ4n) is 1.45. The Labute approximate surface area is 94.4 Å². The van der Waals surface area contributed by atoms with Gasteiger partial charge in [-0.3, -0.25) is 9.59 Å². The summed E-state index contributed by atoms with van der Waals surface area (Å²) in [5, 5.41) is 8.86. The van der Waals surface area contributed by atoms with Crippen LogP contribution in [-0.4, -0.2) is 23.8 Å². The summed E-state index contributed by atoms with van der Waals surface area (Å²) < 4.78 is 0. The van der Waals surface area contributed by atoms with E-state index in [1.807, 2.05) is 0 Å². The van der Waals surface area contributed by atoms with E-state index in [0.29, 0.717) is 18.3 Å². The molecule has 0 radical (unpaired) electrons. The average Bonchev–Trinajstić information content (AvgIpc) is 2.29. The van der Waals surface area contributed by atoms with E-state index in [-0.39, 0.29) is 12.4 Å². The van der Waals surface area contributed by atoms with Crippen LogP contribution >= 0.6 is 0 Å². The smallest absolute Gasteiger partial charge is 0.159 e. The van der Waals surface area contributed by atoms with Crippen LogP contribution in [0.2, 0.25) is 0 Å². The normalized spacial score (nSPS) is 11.2. The molecule has 1 N–H and O–H groups in total. The lowest BCUT2D eigenvalue weighted by Crippen LogP contribution is -1.94. The number of rotatable bonds is 5. The molecule has 0 saturated carbocycles. The molecule has 0 heterocycles. The van der Waals surface area contributed by atoms with E-state index < -0.39 is 0 Å². The Morgan fingerprint density at radius 3 is 2.25 bits per heavy atom. The van der Waals surface area contributed by atoms with E-state index in [4.69, 9.17) is 5.11 Å². The molecule has 0 saturated heterocycles. The van der Waals surface area contributed by atoms with Gasteiger partial charge in [-0.05, 0) is 30.6 Å². The third-order valence-electron chi connectivity index (χ3n) is 2.31. The van der Waals surface area contributed by atoms with Crippen molar-refractivity contribution in [1.82, 2.24) is 0 Å². The number of aliphatic hydroxyl groups is 1. The number of aldehydes is 1. The van der Waals surface area contributed by atoms with Crippen molar-refractivity contribution in [3.63, 3.8) is 0 Å². The van der Waals surface area contributed by atoms with Crippen molar-refractivity contribution in [3.05, 3.63) is 41.5 Å². The molecule has 1 aromatic rings. The number of hydrogen-bond acceptors (Lipinski definition) is 3. The molecule has 1 rings (SSSR count). The molecular formula is C13H14O3. The summed E-state index contributed by atoms with van der Waals surface area (Å²) in [5.74, 6) is 0.00891. The highest BCUT2D eigenvalue weighted by Crippen LogP contribution is 2.18. The van der Waals surface area contributed by atoms with Gasteiger partial charge in [0.25, 0.3) is 0 Å². The zero-order valence-corrected chi connectivity index (χ0v) is 9.14. The molecule has 0 amide bonds. The predicted octanol–water partition coefficient (Wildman–Crippen LogP) is 1.85. The highest BCUT2D eigenvalue weighted by molar-refractivity contribution is 5.94. The van der Waals surface area contributed by atoms with Gasteiger partial charge in [0.1, 0.15) is 6.29 Å². The lowest BCUT2D eigenvalue weighted by molar-refractivity contribution is -0.104. The Morgan fingerprint density at radius 1 is 1.25 bits per heavy atom. The van der Waals surface area contributed by atoms with E-state index >= 15 is 0 Å². The lowest BCUT2D eigenvalue weighted by atomic mass is 10.0. The van der Waals surface area contributed by atoms with Crippen molar-refractivity contribution in [2.24, 2.45) is 0 Å². The Hall–Kier alpha value is -1.74. The first-order valence-corrected chi connectivity index (χ1v) is 5.05.